The number of nitrogen functional groups attached to an aromatic ring is 1. The van der Waals surface area contributed by atoms with Crippen molar-refractivity contribution >= 4 is 34.7 Å². The van der Waals surface area contributed by atoms with E-state index >= 15 is 4.39 Å². The maximum absolute atomic E-state index is 15.7. The van der Waals surface area contributed by atoms with E-state index in [1.807, 2.05) is 0 Å². The molecule has 1 fully saturated rings. The summed E-state index contributed by atoms with van der Waals surface area (Å²) in [5.41, 5.74) is 2.59. The third-order valence-electron chi connectivity index (χ3n) is 4.55. The van der Waals surface area contributed by atoms with Crippen LogP contribution in [0, 0.1) is 0 Å². The molecule has 1 aliphatic heterocycles. The van der Waals surface area contributed by atoms with Gasteiger partial charge in [-0.05, 0) is 20.8 Å². The minimum Gasteiger partial charge on any atom is -0.453 e. The number of ether oxygens (including phenoxy) is 2. The van der Waals surface area contributed by atoms with Crippen molar-refractivity contribution in [2.75, 3.05) is 5.73 Å². The van der Waals surface area contributed by atoms with Crippen LogP contribution in [0.4, 0.5) is 10.3 Å². The first-order valence-corrected chi connectivity index (χ1v) is 7.65. The Morgan fingerprint density at radius 1 is 1.50 bits per heavy atom. The summed E-state index contributed by atoms with van der Waals surface area (Å²) in [5, 5.41) is 0.0607. The smallest absolute Gasteiger partial charge is 0.303 e. The van der Waals surface area contributed by atoms with Crippen molar-refractivity contribution in [1.29, 1.82) is 0 Å². The van der Waals surface area contributed by atoms with Gasteiger partial charge in [0, 0.05) is 6.92 Å². The molecule has 2 aromatic rings. The average molecular weight is 358 g/mol. The topological polar surface area (TPSA) is 105 Å². The second kappa shape index (κ2) is 5.25. The fraction of sp³-hybridized carbons (Fsp3) is 0.571. The van der Waals surface area contributed by atoms with Crippen LogP contribution >= 0.6 is 11.6 Å². The van der Waals surface area contributed by atoms with Crippen molar-refractivity contribution in [2.45, 2.75) is 51.3 Å². The van der Waals surface area contributed by atoms with Crippen molar-refractivity contribution in [1.82, 2.24) is 19.5 Å². The standard InChI is InChI=1S/C14H17ClFN5O3/c1-6-14(4,24-7(2)22)13(3,16)11(23-6)21-5-18-8-9(15)19-12(17)20-10(8)21/h5-6,11H,1-4H3,(H2,17,19,20)/t6-,11?,13+,14?/m1/s1. The highest BCUT2D eigenvalue weighted by atomic mass is 35.5. The number of anilines is 1. The van der Waals surface area contributed by atoms with Gasteiger partial charge >= 0.3 is 5.97 Å². The first-order valence-electron chi connectivity index (χ1n) is 7.27. The Bertz CT molecular complexity index is 826. The highest BCUT2D eigenvalue weighted by Crippen LogP contribution is 2.50. The molecule has 1 saturated heterocycles. The van der Waals surface area contributed by atoms with Gasteiger partial charge in [-0.3, -0.25) is 9.36 Å². The molecular formula is C14H17ClFN5O3. The number of nitrogens with zero attached hydrogens (tertiary/aromatic N) is 4. The molecule has 0 spiro atoms. The zero-order valence-electron chi connectivity index (χ0n) is 13.6. The van der Waals surface area contributed by atoms with Crippen LogP contribution < -0.4 is 5.73 Å². The van der Waals surface area contributed by atoms with E-state index in [0.717, 1.165) is 0 Å². The number of carbonyl (C=O) groups excluding carboxylic acids is 1. The van der Waals surface area contributed by atoms with Crippen LogP contribution in [-0.2, 0) is 14.3 Å². The van der Waals surface area contributed by atoms with Crippen molar-refractivity contribution in [3.05, 3.63) is 11.5 Å². The summed E-state index contributed by atoms with van der Waals surface area (Å²) in [6, 6.07) is 0. The third kappa shape index (κ3) is 2.22. The number of fused-ring (bicyclic) bond motifs is 1. The molecule has 24 heavy (non-hydrogen) atoms. The van der Waals surface area contributed by atoms with Crippen LogP contribution in [0.3, 0.4) is 0 Å². The molecule has 10 heteroatoms. The van der Waals surface area contributed by atoms with Crippen LogP contribution in [0.25, 0.3) is 11.2 Å². The molecule has 0 radical (unpaired) electrons. The minimum atomic E-state index is -2.06. The number of alkyl halides is 1. The van der Waals surface area contributed by atoms with Crippen molar-refractivity contribution in [2.24, 2.45) is 0 Å². The number of carbonyl (C=O) groups is 1. The van der Waals surface area contributed by atoms with Gasteiger partial charge in [0.25, 0.3) is 0 Å². The van der Waals surface area contributed by atoms with Gasteiger partial charge in [-0.2, -0.15) is 9.97 Å². The molecule has 2 aromatic heterocycles. The lowest BCUT2D eigenvalue weighted by Crippen LogP contribution is -2.53. The second-order valence-electron chi connectivity index (χ2n) is 6.10. The molecule has 0 aromatic carbocycles. The van der Waals surface area contributed by atoms with E-state index in [-0.39, 0.29) is 22.3 Å². The Labute approximate surface area is 142 Å². The Morgan fingerprint density at radius 2 is 2.17 bits per heavy atom. The van der Waals surface area contributed by atoms with Crippen molar-refractivity contribution < 1.29 is 18.7 Å². The predicted octanol–water partition coefficient (Wildman–Crippen LogP) is 2.03. The summed E-state index contributed by atoms with van der Waals surface area (Å²) in [5.74, 6) is -0.661. The van der Waals surface area contributed by atoms with Gasteiger partial charge in [0.05, 0.1) is 6.33 Å². The van der Waals surface area contributed by atoms with E-state index < -0.39 is 29.6 Å². The second-order valence-corrected chi connectivity index (χ2v) is 6.46. The molecule has 8 nitrogen and oxygen atoms in total. The first kappa shape index (κ1) is 16.8. The number of nitrogens with two attached hydrogens (primary N) is 1. The van der Waals surface area contributed by atoms with E-state index in [4.69, 9.17) is 26.8 Å². The highest BCUT2D eigenvalue weighted by molar-refractivity contribution is 6.33. The lowest BCUT2D eigenvalue weighted by Gasteiger charge is -2.36. The van der Waals surface area contributed by atoms with Gasteiger partial charge in [0.1, 0.15) is 11.6 Å². The van der Waals surface area contributed by atoms with E-state index in [0.29, 0.717) is 0 Å². The Balaban J connectivity index is 2.13. The normalized spacial score (nSPS) is 33.1. The number of aromatic nitrogens is 4. The molecule has 3 rings (SSSR count). The molecule has 0 bridgehead atoms. The molecule has 2 unspecified atom stereocenters. The number of halogens is 2. The molecular weight excluding hydrogens is 341 g/mol. The zero-order chi connectivity index (χ0) is 17.9. The lowest BCUT2D eigenvalue weighted by molar-refractivity contribution is -0.172. The SMILES string of the molecule is CC(=O)OC1(C)[C@@H](C)OC(n2cnc3c(Cl)nc(N)nc32)[C@]1(C)F. The van der Waals surface area contributed by atoms with E-state index in [2.05, 4.69) is 15.0 Å². The fourth-order valence-electron chi connectivity index (χ4n) is 2.97. The van der Waals surface area contributed by atoms with Crippen LogP contribution in [-0.4, -0.2) is 42.9 Å². The van der Waals surface area contributed by atoms with E-state index in [1.54, 1.807) is 6.92 Å². The zero-order valence-corrected chi connectivity index (χ0v) is 14.3. The minimum absolute atomic E-state index is 0.0607. The van der Waals surface area contributed by atoms with Gasteiger partial charge in [-0.25, -0.2) is 9.37 Å². The summed E-state index contributed by atoms with van der Waals surface area (Å²) in [7, 11) is 0. The molecule has 3 heterocycles. The molecule has 2 N–H and O–H groups in total. The van der Waals surface area contributed by atoms with Crippen LogP contribution in [0.5, 0.6) is 0 Å². The van der Waals surface area contributed by atoms with Gasteiger partial charge in [-0.15, -0.1) is 0 Å². The summed E-state index contributed by atoms with van der Waals surface area (Å²) < 4.78 is 28.1. The Hall–Kier alpha value is -2.00. The summed E-state index contributed by atoms with van der Waals surface area (Å²) in [6.45, 7) is 5.66. The van der Waals surface area contributed by atoms with Crippen molar-refractivity contribution in [3.63, 3.8) is 0 Å². The Kier molecular flexibility index (Phi) is 3.68. The number of imidazole rings is 1. The summed E-state index contributed by atoms with van der Waals surface area (Å²) in [6.07, 6.45) is -0.486. The molecule has 130 valence electrons. The first-order chi connectivity index (χ1) is 11.1. The number of hydrogen-bond donors (Lipinski definition) is 1. The number of esters is 1. The van der Waals surface area contributed by atoms with Crippen LogP contribution in [0.15, 0.2) is 6.33 Å². The Morgan fingerprint density at radius 3 is 2.79 bits per heavy atom. The van der Waals surface area contributed by atoms with Crippen molar-refractivity contribution in [3.8, 4) is 0 Å². The van der Waals surface area contributed by atoms with Gasteiger partial charge in [0.2, 0.25) is 5.95 Å². The molecule has 4 atom stereocenters. The van der Waals surface area contributed by atoms with Crippen LogP contribution in [0.1, 0.15) is 33.9 Å². The van der Waals surface area contributed by atoms with Gasteiger partial charge in [0.15, 0.2) is 28.3 Å². The number of hydrogen-bond acceptors (Lipinski definition) is 7. The third-order valence-corrected chi connectivity index (χ3v) is 4.81. The van der Waals surface area contributed by atoms with Gasteiger partial charge < -0.3 is 15.2 Å². The lowest BCUT2D eigenvalue weighted by atomic mass is 9.84. The summed E-state index contributed by atoms with van der Waals surface area (Å²) >= 11 is 6.00. The van der Waals surface area contributed by atoms with Crippen LogP contribution in [0.2, 0.25) is 5.15 Å². The summed E-state index contributed by atoms with van der Waals surface area (Å²) in [4.78, 5) is 23.4. The van der Waals surface area contributed by atoms with E-state index in [1.165, 1.54) is 31.7 Å². The fourth-order valence-corrected chi connectivity index (χ4v) is 3.19. The quantitative estimate of drug-likeness (QED) is 0.647. The maximum atomic E-state index is 15.7. The molecule has 0 amide bonds. The predicted molar refractivity (Wildman–Crippen MR) is 84.0 cm³/mol. The highest BCUT2D eigenvalue weighted by Gasteiger charge is 2.65. The number of rotatable bonds is 2. The molecule has 0 aliphatic carbocycles. The maximum Gasteiger partial charge on any atom is 0.303 e. The van der Waals surface area contributed by atoms with E-state index in [9.17, 15) is 4.79 Å². The molecule has 1 aliphatic rings. The van der Waals surface area contributed by atoms with Gasteiger partial charge in [-0.1, -0.05) is 11.6 Å². The monoisotopic (exact) mass is 357 g/mol. The largest absolute Gasteiger partial charge is 0.453 e. The molecule has 0 saturated carbocycles. The average Bonchev–Trinajstić information content (AvgIpc) is 2.92.